The molecule has 0 aliphatic carbocycles. The predicted octanol–water partition coefficient (Wildman–Crippen LogP) is 9.12. The number of nitrogens with zero attached hydrogens (tertiary/aromatic N) is 2. The van der Waals surface area contributed by atoms with Crippen LogP contribution in [0.1, 0.15) is 130 Å². The van der Waals surface area contributed by atoms with Crippen LogP contribution < -0.4 is 0 Å². The van der Waals surface area contributed by atoms with Gasteiger partial charge in [0.2, 0.25) is 0 Å². The molecule has 2 aromatic carbocycles. The number of aliphatic imine (C=N–C) groups is 2. The standard InChI is InChI=1S/C35H52N2O2/c1-22(36-20-23-16-25(31(2,3)4)18-27(29(23)38)33(8,9)10)35(14,15)37-21-24-17-26(32(5,6)7)19-28(30(24)39)34(11,12)13/h16-21,38-39H,1H2,2-15H3. The van der Waals surface area contributed by atoms with Gasteiger partial charge in [0.25, 0.3) is 0 Å². The number of aromatic hydroxyl groups is 2. The second-order valence-electron chi connectivity index (χ2n) is 15.4. The Kier molecular flexibility index (Phi) is 8.78. The highest BCUT2D eigenvalue weighted by atomic mass is 16.3. The van der Waals surface area contributed by atoms with Gasteiger partial charge < -0.3 is 10.2 Å². The van der Waals surface area contributed by atoms with Crippen molar-refractivity contribution in [2.75, 3.05) is 0 Å². The van der Waals surface area contributed by atoms with E-state index in [1.807, 2.05) is 26.0 Å². The van der Waals surface area contributed by atoms with Crippen molar-refractivity contribution in [1.29, 1.82) is 0 Å². The first kappa shape index (κ1) is 32.3. The molecule has 2 aromatic rings. The number of hydrogen-bond acceptors (Lipinski definition) is 4. The molecule has 0 amide bonds. The van der Waals surface area contributed by atoms with Gasteiger partial charge in [0, 0.05) is 34.7 Å². The normalized spacial score (nSPS) is 14.0. The van der Waals surface area contributed by atoms with E-state index in [2.05, 4.69) is 107 Å². The number of phenols is 2. The first-order valence-corrected chi connectivity index (χ1v) is 13.9. The van der Waals surface area contributed by atoms with E-state index in [0.29, 0.717) is 16.8 Å². The maximum absolute atomic E-state index is 11.1. The highest BCUT2D eigenvalue weighted by molar-refractivity contribution is 5.87. The zero-order chi connectivity index (χ0) is 30.4. The Balaban J connectivity index is 2.51. The quantitative estimate of drug-likeness (QED) is 0.377. The molecule has 0 aliphatic rings. The van der Waals surface area contributed by atoms with Crippen LogP contribution in [0.15, 0.2) is 46.5 Å². The van der Waals surface area contributed by atoms with E-state index in [0.717, 1.165) is 22.3 Å². The summed E-state index contributed by atoms with van der Waals surface area (Å²) in [7, 11) is 0. The van der Waals surface area contributed by atoms with Crippen LogP contribution in [0.2, 0.25) is 0 Å². The topological polar surface area (TPSA) is 65.2 Å². The molecule has 0 atom stereocenters. The van der Waals surface area contributed by atoms with E-state index in [9.17, 15) is 10.2 Å². The Morgan fingerprint density at radius 1 is 0.590 bits per heavy atom. The van der Waals surface area contributed by atoms with Gasteiger partial charge in [0.15, 0.2) is 0 Å². The lowest BCUT2D eigenvalue weighted by Crippen LogP contribution is -2.20. The predicted molar refractivity (Wildman–Crippen MR) is 169 cm³/mol. The van der Waals surface area contributed by atoms with Gasteiger partial charge in [-0.2, -0.15) is 0 Å². The Labute approximate surface area is 238 Å². The maximum atomic E-state index is 11.1. The van der Waals surface area contributed by atoms with Crippen molar-refractivity contribution in [3.63, 3.8) is 0 Å². The fraction of sp³-hybridized carbons (Fsp3) is 0.543. The van der Waals surface area contributed by atoms with E-state index >= 15 is 0 Å². The number of phenolic OH excluding ortho intramolecular Hbond substituents is 2. The van der Waals surface area contributed by atoms with Gasteiger partial charge in [-0.1, -0.05) is 102 Å². The van der Waals surface area contributed by atoms with Crippen LogP contribution in [-0.4, -0.2) is 28.2 Å². The largest absolute Gasteiger partial charge is 0.507 e. The van der Waals surface area contributed by atoms with Gasteiger partial charge in [-0.3, -0.25) is 9.98 Å². The molecule has 39 heavy (non-hydrogen) atoms. The van der Waals surface area contributed by atoms with Crippen molar-refractivity contribution in [2.45, 2.75) is 124 Å². The van der Waals surface area contributed by atoms with Gasteiger partial charge in [-0.25, -0.2) is 0 Å². The monoisotopic (exact) mass is 532 g/mol. The first-order valence-electron chi connectivity index (χ1n) is 13.9. The number of hydrogen-bond donors (Lipinski definition) is 2. The highest BCUT2D eigenvalue weighted by Gasteiger charge is 2.27. The molecule has 4 heteroatoms. The Bertz CT molecular complexity index is 1280. The first-order chi connectivity index (χ1) is 17.4. The molecule has 214 valence electrons. The third-order valence-electron chi connectivity index (χ3n) is 7.22. The Morgan fingerprint density at radius 3 is 1.28 bits per heavy atom. The van der Waals surface area contributed by atoms with Crippen molar-refractivity contribution < 1.29 is 10.2 Å². The summed E-state index contributed by atoms with van der Waals surface area (Å²) in [5, 5.41) is 22.3. The lowest BCUT2D eigenvalue weighted by Gasteiger charge is -2.27. The molecule has 0 aromatic heterocycles. The van der Waals surface area contributed by atoms with Gasteiger partial charge in [-0.05, 0) is 58.8 Å². The molecule has 2 rings (SSSR count). The van der Waals surface area contributed by atoms with Crippen LogP contribution >= 0.6 is 0 Å². The molecule has 2 N–H and O–H groups in total. The molecular weight excluding hydrogens is 480 g/mol. The Morgan fingerprint density at radius 2 is 0.949 bits per heavy atom. The van der Waals surface area contributed by atoms with Gasteiger partial charge in [0.05, 0.1) is 11.2 Å². The Hall–Kier alpha value is -2.88. The van der Waals surface area contributed by atoms with Crippen LogP contribution in [0.4, 0.5) is 0 Å². The molecule has 0 radical (unpaired) electrons. The summed E-state index contributed by atoms with van der Waals surface area (Å²) >= 11 is 0. The van der Waals surface area contributed by atoms with Crippen molar-refractivity contribution in [1.82, 2.24) is 0 Å². The smallest absolute Gasteiger partial charge is 0.128 e. The SMILES string of the molecule is C=C(N=Cc1cc(C(C)(C)C)cc(C(C)(C)C)c1O)C(C)(C)N=Cc1cc(C(C)(C)C)cc(C(C)(C)C)c1O. The fourth-order valence-corrected chi connectivity index (χ4v) is 4.13. The van der Waals surface area contributed by atoms with Crippen molar-refractivity contribution in [2.24, 2.45) is 9.98 Å². The minimum atomic E-state index is -0.729. The summed E-state index contributed by atoms with van der Waals surface area (Å²) in [4.78, 5) is 9.49. The average Bonchev–Trinajstić information content (AvgIpc) is 2.74. The summed E-state index contributed by atoms with van der Waals surface area (Å²) in [5.41, 5.74) is 4.66. The van der Waals surface area contributed by atoms with E-state index in [1.165, 1.54) is 0 Å². The zero-order valence-corrected chi connectivity index (χ0v) is 27.0. The molecule has 0 saturated heterocycles. The molecule has 0 heterocycles. The van der Waals surface area contributed by atoms with Crippen LogP contribution in [0, 0.1) is 0 Å². The summed E-state index contributed by atoms with van der Waals surface area (Å²) in [6, 6.07) is 8.22. The van der Waals surface area contributed by atoms with Gasteiger partial charge in [0.1, 0.15) is 11.5 Å². The second kappa shape index (κ2) is 10.6. The molecule has 0 bridgehead atoms. The zero-order valence-electron chi connectivity index (χ0n) is 27.0. The fourth-order valence-electron chi connectivity index (χ4n) is 4.13. The van der Waals surface area contributed by atoms with Crippen LogP contribution in [-0.2, 0) is 21.7 Å². The molecule has 0 fully saturated rings. The molecule has 4 nitrogen and oxygen atoms in total. The molecule has 0 saturated carbocycles. The van der Waals surface area contributed by atoms with Crippen LogP contribution in [0.3, 0.4) is 0 Å². The van der Waals surface area contributed by atoms with Crippen molar-refractivity contribution >= 4 is 12.4 Å². The van der Waals surface area contributed by atoms with Crippen LogP contribution in [0.5, 0.6) is 11.5 Å². The molecule has 0 aliphatic heterocycles. The van der Waals surface area contributed by atoms with E-state index in [-0.39, 0.29) is 33.2 Å². The van der Waals surface area contributed by atoms with Crippen LogP contribution in [0.25, 0.3) is 0 Å². The van der Waals surface area contributed by atoms with E-state index in [1.54, 1.807) is 12.4 Å². The van der Waals surface area contributed by atoms with E-state index in [4.69, 9.17) is 4.99 Å². The lowest BCUT2D eigenvalue weighted by atomic mass is 9.79. The van der Waals surface area contributed by atoms with Crippen molar-refractivity contribution in [3.8, 4) is 11.5 Å². The molecule has 0 unspecified atom stereocenters. The number of rotatable bonds is 5. The molecule has 0 spiro atoms. The minimum Gasteiger partial charge on any atom is -0.507 e. The van der Waals surface area contributed by atoms with Crippen molar-refractivity contribution in [3.05, 3.63) is 69.9 Å². The summed E-state index contributed by atoms with van der Waals surface area (Å²) < 4.78 is 0. The second-order valence-corrected chi connectivity index (χ2v) is 15.4. The van der Waals surface area contributed by atoms with Gasteiger partial charge >= 0.3 is 0 Å². The summed E-state index contributed by atoms with van der Waals surface area (Å²) in [6.45, 7) is 33.7. The average molecular weight is 533 g/mol. The third kappa shape index (κ3) is 7.84. The van der Waals surface area contributed by atoms with Gasteiger partial charge in [-0.15, -0.1) is 0 Å². The summed E-state index contributed by atoms with van der Waals surface area (Å²) in [6.07, 6.45) is 3.42. The summed E-state index contributed by atoms with van der Waals surface area (Å²) in [5.74, 6) is 0.495. The maximum Gasteiger partial charge on any atom is 0.128 e. The minimum absolute atomic E-state index is 0.0742. The third-order valence-corrected chi connectivity index (χ3v) is 7.22. The highest BCUT2D eigenvalue weighted by Crippen LogP contribution is 2.39. The van der Waals surface area contributed by atoms with E-state index < -0.39 is 5.54 Å². The molecular formula is C35H52N2O2. The number of benzene rings is 2. The lowest BCUT2D eigenvalue weighted by molar-refractivity contribution is 0.443.